The summed E-state index contributed by atoms with van der Waals surface area (Å²) in [5.74, 6) is -0.500. The van der Waals surface area contributed by atoms with Gasteiger partial charge in [-0.3, -0.25) is 4.79 Å². The van der Waals surface area contributed by atoms with E-state index in [1.165, 1.54) is 37.5 Å². The van der Waals surface area contributed by atoms with E-state index in [1.807, 2.05) is 6.07 Å². The number of nitriles is 1. The van der Waals surface area contributed by atoms with Crippen LogP contribution in [0.25, 0.3) is 6.08 Å². The average Bonchev–Trinajstić information content (AvgIpc) is 2.79. The number of methoxy groups -OCH3 is 1. The Bertz CT molecular complexity index is 1300. The first-order valence-corrected chi connectivity index (χ1v) is 11.4. The summed E-state index contributed by atoms with van der Waals surface area (Å²) < 4.78 is 36.5. The third kappa shape index (κ3) is 5.75. The summed E-state index contributed by atoms with van der Waals surface area (Å²) in [6, 6.07) is 20.8. The molecule has 0 heterocycles. The second-order valence-corrected chi connectivity index (χ2v) is 8.85. The van der Waals surface area contributed by atoms with E-state index in [0.717, 1.165) is 4.47 Å². The largest absolute Gasteiger partial charge is 0.493 e. The molecule has 32 heavy (non-hydrogen) atoms. The van der Waals surface area contributed by atoms with E-state index in [9.17, 15) is 18.5 Å². The normalized spacial score (nSPS) is 11.3. The summed E-state index contributed by atoms with van der Waals surface area (Å²) in [6.45, 7) is 0. The van der Waals surface area contributed by atoms with Crippen molar-refractivity contribution >= 4 is 43.7 Å². The van der Waals surface area contributed by atoms with Gasteiger partial charge in [0.25, 0.3) is 5.91 Å². The zero-order chi connectivity index (χ0) is 23.1. The maximum Gasteiger partial charge on any atom is 0.339 e. The molecule has 3 aromatic carbocycles. The molecule has 1 N–H and O–H groups in total. The molecular formula is C23H17BrN2O5S. The Morgan fingerprint density at radius 2 is 1.72 bits per heavy atom. The predicted octanol–water partition coefficient (Wildman–Crippen LogP) is 4.77. The molecule has 0 aliphatic heterocycles. The van der Waals surface area contributed by atoms with Crippen molar-refractivity contribution in [2.75, 3.05) is 12.4 Å². The van der Waals surface area contributed by atoms with Gasteiger partial charge in [-0.25, -0.2) is 0 Å². The first-order chi connectivity index (χ1) is 15.3. The van der Waals surface area contributed by atoms with Crippen molar-refractivity contribution in [3.05, 3.63) is 88.4 Å². The fourth-order valence-electron chi connectivity index (χ4n) is 2.65. The lowest BCUT2D eigenvalue weighted by Gasteiger charge is -2.11. The van der Waals surface area contributed by atoms with Crippen molar-refractivity contribution in [1.29, 1.82) is 5.26 Å². The number of carbonyl (C=O) groups is 1. The molecule has 7 nitrogen and oxygen atoms in total. The summed E-state index contributed by atoms with van der Waals surface area (Å²) in [6.07, 6.45) is 1.33. The molecule has 0 bridgehead atoms. The molecule has 0 aliphatic carbocycles. The first kappa shape index (κ1) is 23.1. The van der Waals surface area contributed by atoms with Crippen LogP contribution in [-0.4, -0.2) is 21.4 Å². The van der Waals surface area contributed by atoms with Crippen LogP contribution < -0.4 is 14.2 Å². The fourth-order valence-corrected chi connectivity index (χ4v) is 3.87. The number of rotatable bonds is 7. The van der Waals surface area contributed by atoms with Gasteiger partial charge in [-0.05, 0) is 60.2 Å². The van der Waals surface area contributed by atoms with Crippen molar-refractivity contribution in [2.24, 2.45) is 0 Å². The highest BCUT2D eigenvalue weighted by molar-refractivity contribution is 9.10. The van der Waals surface area contributed by atoms with E-state index < -0.39 is 16.0 Å². The number of amides is 1. The SMILES string of the molecule is COc1ccc(/C=C(\C#N)C(=O)Nc2ccc(Br)cc2)cc1OS(=O)(=O)c1ccccc1. The maximum atomic E-state index is 12.6. The highest BCUT2D eigenvalue weighted by Crippen LogP contribution is 2.31. The molecule has 162 valence electrons. The van der Waals surface area contributed by atoms with Crippen molar-refractivity contribution in [2.45, 2.75) is 4.90 Å². The molecule has 1 amide bonds. The van der Waals surface area contributed by atoms with Gasteiger partial charge in [0, 0.05) is 10.2 Å². The summed E-state index contributed by atoms with van der Waals surface area (Å²) in [4.78, 5) is 12.5. The number of nitrogens with one attached hydrogen (secondary N) is 1. The molecule has 0 fully saturated rings. The quantitative estimate of drug-likeness (QED) is 0.277. The molecule has 0 spiro atoms. The second-order valence-electron chi connectivity index (χ2n) is 6.39. The van der Waals surface area contributed by atoms with Gasteiger partial charge in [0.05, 0.1) is 7.11 Å². The maximum absolute atomic E-state index is 12.6. The van der Waals surface area contributed by atoms with Crippen LogP contribution in [-0.2, 0) is 14.9 Å². The number of carbonyl (C=O) groups excluding carboxylic acids is 1. The zero-order valence-electron chi connectivity index (χ0n) is 16.8. The van der Waals surface area contributed by atoms with Gasteiger partial charge >= 0.3 is 10.1 Å². The summed E-state index contributed by atoms with van der Waals surface area (Å²) >= 11 is 3.31. The number of ether oxygens (including phenoxy) is 1. The van der Waals surface area contributed by atoms with Gasteiger partial charge in [-0.2, -0.15) is 13.7 Å². The van der Waals surface area contributed by atoms with E-state index >= 15 is 0 Å². The summed E-state index contributed by atoms with van der Waals surface area (Å²) in [5.41, 5.74) is 0.730. The molecule has 0 radical (unpaired) electrons. The minimum atomic E-state index is -4.11. The third-order valence-corrected chi connectivity index (χ3v) is 5.97. The number of benzene rings is 3. The zero-order valence-corrected chi connectivity index (χ0v) is 19.2. The van der Waals surface area contributed by atoms with Gasteiger partial charge in [0.15, 0.2) is 11.5 Å². The third-order valence-electron chi connectivity index (χ3n) is 4.20. The van der Waals surface area contributed by atoms with Crippen molar-refractivity contribution in [3.8, 4) is 17.6 Å². The van der Waals surface area contributed by atoms with Crippen molar-refractivity contribution in [1.82, 2.24) is 0 Å². The number of halogens is 1. The lowest BCUT2D eigenvalue weighted by molar-refractivity contribution is -0.112. The standard InChI is InChI=1S/C23H17BrN2O5S/c1-30-21-12-7-16(14-22(21)31-32(28,29)20-5-3-2-4-6-20)13-17(15-25)23(27)26-19-10-8-18(24)9-11-19/h2-14H,1H3,(H,26,27)/b17-13+. The summed E-state index contributed by atoms with van der Waals surface area (Å²) in [7, 11) is -2.73. The molecule has 0 unspecified atom stereocenters. The van der Waals surface area contributed by atoms with Crippen LogP contribution in [0.1, 0.15) is 5.56 Å². The number of hydrogen-bond donors (Lipinski definition) is 1. The van der Waals surface area contributed by atoms with E-state index in [1.54, 1.807) is 48.5 Å². The van der Waals surface area contributed by atoms with Crippen LogP contribution in [0, 0.1) is 11.3 Å². The number of nitrogens with zero attached hydrogens (tertiary/aromatic N) is 1. The van der Waals surface area contributed by atoms with Crippen molar-refractivity contribution in [3.63, 3.8) is 0 Å². The molecule has 0 saturated carbocycles. The second kappa shape index (κ2) is 10.1. The number of anilines is 1. The van der Waals surface area contributed by atoms with Crippen molar-refractivity contribution < 1.29 is 22.1 Å². The molecule has 0 aromatic heterocycles. The van der Waals surface area contributed by atoms with E-state index in [-0.39, 0.29) is 22.0 Å². The average molecular weight is 513 g/mol. The van der Waals surface area contributed by atoms with E-state index in [4.69, 9.17) is 8.92 Å². The highest BCUT2D eigenvalue weighted by atomic mass is 79.9. The van der Waals surface area contributed by atoms with E-state index in [2.05, 4.69) is 21.2 Å². The predicted molar refractivity (Wildman–Crippen MR) is 124 cm³/mol. The Balaban J connectivity index is 1.89. The van der Waals surface area contributed by atoms with Crippen LogP contribution in [0.3, 0.4) is 0 Å². The van der Waals surface area contributed by atoms with Gasteiger partial charge in [-0.1, -0.05) is 40.2 Å². The van der Waals surface area contributed by atoms with Gasteiger partial charge in [-0.15, -0.1) is 0 Å². The lowest BCUT2D eigenvalue weighted by atomic mass is 10.1. The molecule has 9 heteroatoms. The fraction of sp³-hybridized carbons (Fsp3) is 0.0435. The minimum Gasteiger partial charge on any atom is -0.493 e. The lowest BCUT2D eigenvalue weighted by Crippen LogP contribution is -2.13. The Kier molecular flexibility index (Phi) is 7.30. The molecule has 0 aliphatic rings. The smallest absolute Gasteiger partial charge is 0.339 e. The number of hydrogen-bond acceptors (Lipinski definition) is 6. The van der Waals surface area contributed by atoms with Crippen LogP contribution in [0.5, 0.6) is 11.5 Å². The Labute approximate surface area is 194 Å². The van der Waals surface area contributed by atoms with Gasteiger partial charge in [0.1, 0.15) is 16.5 Å². The Hall–Kier alpha value is -3.61. The molecule has 3 rings (SSSR count). The van der Waals surface area contributed by atoms with Crippen LogP contribution >= 0.6 is 15.9 Å². The molecule has 0 atom stereocenters. The first-order valence-electron chi connectivity index (χ1n) is 9.18. The molecule has 0 saturated heterocycles. The molecular weight excluding hydrogens is 496 g/mol. The Morgan fingerprint density at radius 1 is 1.03 bits per heavy atom. The van der Waals surface area contributed by atoms with Crippen LogP contribution in [0.15, 0.2) is 87.7 Å². The van der Waals surface area contributed by atoms with Gasteiger partial charge in [0.2, 0.25) is 0 Å². The summed E-state index contributed by atoms with van der Waals surface area (Å²) in [5, 5.41) is 12.1. The van der Waals surface area contributed by atoms with Gasteiger partial charge < -0.3 is 14.2 Å². The van der Waals surface area contributed by atoms with Crippen LogP contribution in [0.2, 0.25) is 0 Å². The Morgan fingerprint density at radius 3 is 2.34 bits per heavy atom. The minimum absolute atomic E-state index is 0.0189. The monoisotopic (exact) mass is 512 g/mol. The molecule has 3 aromatic rings. The van der Waals surface area contributed by atoms with Crippen LogP contribution in [0.4, 0.5) is 5.69 Å². The highest BCUT2D eigenvalue weighted by Gasteiger charge is 2.19. The van der Waals surface area contributed by atoms with E-state index in [0.29, 0.717) is 11.3 Å². The topological polar surface area (TPSA) is 105 Å².